The molecule has 1 N–H and O–H groups in total. The van der Waals surface area contributed by atoms with E-state index in [1.807, 2.05) is 18.2 Å². The summed E-state index contributed by atoms with van der Waals surface area (Å²) in [5.74, 6) is -0.704. The van der Waals surface area contributed by atoms with Crippen molar-refractivity contribution in [1.29, 1.82) is 0 Å². The number of hydrogen-bond acceptors (Lipinski definition) is 4. The van der Waals surface area contributed by atoms with Gasteiger partial charge >= 0.3 is 0 Å². The van der Waals surface area contributed by atoms with Gasteiger partial charge in [-0.1, -0.05) is 29.8 Å². The number of nitrogens with one attached hydrogen (secondary N) is 1. The molecule has 6 nitrogen and oxygen atoms in total. The largest absolute Gasteiger partial charge is 0.484 e. The molecule has 3 aromatic rings. The Morgan fingerprint density at radius 2 is 1.84 bits per heavy atom. The number of ether oxygens (including phenoxy) is 1. The highest BCUT2D eigenvalue weighted by Crippen LogP contribution is 2.33. The predicted octanol–water partition coefficient (Wildman–Crippen LogP) is 4.25. The molecule has 0 unspecified atom stereocenters. The first-order chi connectivity index (χ1) is 14.8. The van der Waals surface area contributed by atoms with E-state index in [1.165, 1.54) is 40.7 Å². The van der Waals surface area contributed by atoms with E-state index >= 15 is 0 Å². The van der Waals surface area contributed by atoms with Crippen LogP contribution in [0.15, 0.2) is 71.6 Å². The van der Waals surface area contributed by atoms with Gasteiger partial charge in [-0.05, 0) is 60.5 Å². The summed E-state index contributed by atoms with van der Waals surface area (Å²) >= 11 is 5.69. The van der Waals surface area contributed by atoms with E-state index < -0.39 is 21.7 Å². The number of fused-ring (bicyclic) bond motifs is 1. The summed E-state index contributed by atoms with van der Waals surface area (Å²) in [5.41, 5.74) is 2.03. The first kappa shape index (κ1) is 21.1. The minimum Gasteiger partial charge on any atom is -0.484 e. The second-order valence-electron chi connectivity index (χ2n) is 6.89. The minimum atomic E-state index is -3.69. The van der Waals surface area contributed by atoms with Crippen LogP contribution in [0.25, 0.3) is 0 Å². The summed E-state index contributed by atoms with van der Waals surface area (Å²) in [7, 11) is -3.69. The van der Waals surface area contributed by atoms with Gasteiger partial charge in [0.25, 0.3) is 15.9 Å². The zero-order valence-electron chi connectivity index (χ0n) is 16.2. The van der Waals surface area contributed by atoms with E-state index in [2.05, 4.69) is 5.32 Å². The number of sulfonamides is 1. The molecular formula is C22H18ClFN2O4S. The van der Waals surface area contributed by atoms with Crippen molar-refractivity contribution >= 4 is 38.9 Å². The van der Waals surface area contributed by atoms with Crippen LogP contribution in [-0.4, -0.2) is 27.5 Å². The first-order valence-electron chi connectivity index (χ1n) is 9.43. The number of anilines is 2. The number of carbonyl (C=O) groups excluding carboxylic acids is 1. The topological polar surface area (TPSA) is 75.7 Å². The number of para-hydroxylation sites is 1. The van der Waals surface area contributed by atoms with Crippen LogP contribution in [0, 0.1) is 5.82 Å². The number of amides is 1. The molecule has 1 aliphatic rings. The second-order valence-corrected chi connectivity index (χ2v) is 9.16. The minimum absolute atomic E-state index is 0.101. The summed E-state index contributed by atoms with van der Waals surface area (Å²) in [4.78, 5) is 12.2. The van der Waals surface area contributed by atoms with E-state index in [0.29, 0.717) is 30.1 Å². The van der Waals surface area contributed by atoms with Gasteiger partial charge in [-0.2, -0.15) is 0 Å². The van der Waals surface area contributed by atoms with Crippen molar-refractivity contribution in [3.05, 3.63) is 83.1 Å². The first-order valence-corrected chi connectivity index (χ1v) is 11.2. The number of halogens is 2. The summed E-state index contributed by atoms with van der Waals surface area (Å²) < 4.78 is 46.0. The molecule has 9 heteroatoms. The van der Waals surface area contributed by atoms with Crippen LogP contribution in [0.3, 0.4) is 0 Å². The van der Waals surface area contributed by atoms with Crippen LogP contribution in [-0.2, 0) is 21.2 Å². The zero-order chi connectivity index (χ0) is 22.0. The Kier molecular flexibility index (Phi) is 5.84. The molecule has 0 aromatic heterocycles. The van der Waals surface area contributed by atoms with Crippen LogP contribution >= 0.6 is 11.6 Å². The van der Waals surface area contributed by atoms with Crippen molar-refractivity contribution in [2.24, 2.45) is 0 Å². The van der Waals surface area contributed by atoms with Crippen molar-refractivity contribution in [3.63, 3.8) is 0 Å². The highest BCUT2D eigenvalue weighted by molar-refractivity contribution is 7.92. The Hall–Kier alpha value is -3.10. The molecule has 0 bridgehead atoms. The van der Waals surface area contributed by atoms with Gasteiger partial charge in [0, 0.05) is 12.2 Å². The molecule has 160 valence electrons. The van der Waals surface area contributed by atoms with Crippen molar-refractivity contribution < 1.29 is 22.3 Å². The lowest BCUT2D eigenvalue weighted by molar-refractivity contribution is -0.118. The quantitative estimate of drug-likeness (QED) is 0.596. The average Bonchev–Trinajstić information content (AvgIpc) is 3.20. The van der Waals surface area contributed by atoms with E-state index in [0.717, 1.165) is 11.6 Å². The fraction of sp³-hybridized carbons (Fsp3) is 0.136. The molecule has 0 spiro atoms. The molecule has 3 aromatic carbocycles. The smallest absolute Gasteiger partial charge is 0.264 e. The van der Waals surface area contributed by atoms with Gasteiger partial charge in [-0.15, -0.1) is 0 Å². The normalized spacial score (nSPS) is 13.0. The van der Waals surface area contributed by atoms with Crippen LogP contribution < -0.4 is 14.4 Å². The van der Waals surface area contributed by atoms with Gasteiger partial charge in [0.1, 0.15) is 11.6 Å². The maximum Gasteiger partial charge on any atom is 0.264 e. The summed E-state index contributed by atoms with van der Waals surface area (Å²) in [6.45, 7) is 0.0914. The van der Waals surface area contributed by atoms with Gasteiger partial charge in [0.2, 0.25) is 0 Å². The van der Waals surface area contributed by atoms with Gasteiger partial charge in [-0.3, -0.25) is 9.10 Å². The maximum atomic E-state index is 13.2. The van der Waals surface area contributed by atoms with E-state index in [-0.39, 0.29) is 16.5 Å². The molecule has 0 aliphatic carbocycles. The SMILES string of the molecule is O=C(COc1ccc(S(=O)(=O)N2CCc3ccccc32)cc1)Nc1ccc(F)c(Cl)c1. The molecule has 1 amide bonds. The maximum absolute atomic E-state index is 13.2. The number of carbonyl (C=O) groups is 1. The summed E-state index contributed by atoms with van der Waals surface area (Å²) in [6.07, 6.45) is 0.672. The molecule has 0 saturated carbocycles. The Morgan fingerprint density at radius 3 is 2.58 bits per heavy atom. The summed E-state index contributed by atoms with van der Waals surface area (Å²) in [6, 6.07) is 17.1. The van der Waals surface area contributed by atoms with E-state index in [9.17, 15) is 17.6 Å². The molecule has 0 saturated heterocycles. The monoisotopic (exact) mass is 460 g/mol. The van der Waals surface area contributed by atoms with E-state index in [1.54, 1.807) is 6.07 Å². The van der Waals surface area contributed by atoms with Crippen molar-refractivity contribution in [2.45, 2.75) is 11.3 Å². The lowest BCUT2D eigenvalue weighted by Crippen LogP contribution is -2.29. The molecule has 4 rings (SSSR count). The highest BCUT2D eigenvalue weighted by Gasteiger charge is 2.30. The molecule has 1 aliphatic heterocycles. The fourth-order valence-electron chi connectivity index (χ4n) is 3.31. The molecule has 0 atom stereocenters. The van der Waals surface area contributed by atoms with Gasteiger partial charge in [0.15, 0.2) is 6.61 Å². The summed E-state index contributed by atoms with van der Waals surface area (Å²) in [5, 5.41) is 2.44. The zero-order valence-corrected chi connectivity index (χ0v) is 17.8. The van der Waals surface area contributed by atoms with E-state index in [4.69, 9.17) is 16.3 Å². The molecule has 1 heterocycles. The van der Waals surface area contributed by atoms with Crippen LogP contribution in [0.4, 0.5) is 15.8 Å². The Labute approximate surface area is 184 Å². The van der Waals surface area contributed by atoms with Crippen LogP contribution in [0.1, 0.15) is 5.56 Å². The Balaban J connectivity index is 1.39. The number of rotatable bonds is 6. The third-order valence-electron chi connectivity index (χ3n) is 4.83. The lowest BCUT2D eigenvalue weighted by Gasteiger charge is -2.19. The molecule has 31 heavy (non-hydrogen) atoms. The van der Waals surface area contributed by atoms with Crippen molar-refractivity contribution in [3.8, 4) is 5.75 Å². The number of hydrogen-bond donors (Lipinski definition) is 1. The third kappa shape index (κ3) is 4.50. The third-order valence-corrected chi connectivity index (χ3v) is 6.95. The van der Waals surface area contributed by atoms with Gasteiger partial charge in [-0.25, -0.2) is 12.8 Å². The molecule has 0 radical (unpaired) electrons. The molecular weight excluding hydrogens is 443 g/mol. The predicted molar refractivity (Wildman–Crippen MR) is 117 cm³/mol. The number of benzene rings is 3. The number of nitrogens with zero attached hydrogens (tertiary/aromatic N) is 1. The fourth-order valence-corrected chi connectivity index (χ4v) is 5.00. The van der Waals surface area contributed by atoms with Gasteiger partial charge < -0.3 is 10.1 Å². The average molecular weight is 461 g/mol. The van der Waals surface area contributed by atoms with Crippen molar-refractivity contribution in [1.82, 2.24) is 0 Å². The van der Waals surface area contributed by atoms with Crippen molar-refractivity contribution in [2.75, 3.05) is 22.8 Å². The Bertz CT molecular complexity index is 1230. The van der Waals surface area contributed by atoms with Crippen LogP contribution in [0.2, 0.25) is 5.02 Å². The standard InChI is InChI=1S/C22H18ClFN2O4S/c23-19-13-16(5-10-20(19)24)25-22(27)14-30-17-6-8-18(9-7-17)31(28,29)26-12-11-15-3-1-2-4-21(15)26/h1-10,13H,11-12,14H2,(H,25,27). The van der Waals surface area contributed by atoms with Crippen LogP contribution in [0.5, 0.6) is 5.75 Å². The lowest BCUT2D eigenvalue weighted by atomic mass is 10.2. The second kappa shape index (κ2) is 8.56. The van der Waals surface area contributed by atoms with Gasteiger partial charge in [0.05, 0.1) is 15.6 Å². The molecule has 0 fully saturated rings. The Morgan fingerprint density at radius 1 is 1.10 bits per heavy atom. The highest BCUT2D eigenvalue weighted by atomic mass is 35.5.